The third-order valence-electron chi connectivity index (χ3n) is 10.8. The molecule has 0 aliphatic carbocycles. The van der Waals surface area contributed by atoms with E-state index in [-0.39, 0.29) is 6.17 Å². The monoisotopic (exact) mass is 721 g/mol. The van der Waals surface area contributed by atoms with Crippen LogP contribution in [-0.2, 0) is 6.54 Å². The average molecular weight is 722 g/mol. The van der Waals surface area contributed by atoms with Crippen molar-refractivity contribution in [1.29, 1.82) is 0 Å². The first-order chi connectivity index (χ1) is 27.7. The van der Waals surface area contributed by atoms with Crippen molar-refractivity contribution < 1.29 is 0 Å². The highest BCUT2D eigenvalue weighted by Gasteiger charge is 2.17. The molecule has 5 heteroatoms. The molecule has 0 amide bonds. The molecule has 0 aliphatic heterocycles. The number of aliphatic imine (C=N–C) groups is 1. The maximum Gasteiger partial charge on any atom is 0.128 e. The number of amidine groups is 1. The highest BCUT2D eigenvalue weighted by Crippen LogP contribution is 2.38. The van der Waals surface area contributed by atoms with Gasteiger partial charge < -0.3 is 14.9 Å². The van der Waals surface area contributed by atoms with Crippen LogP contribution in [0.15, 0.2) is 205 Å². The molecule has 1 unspecified atom stereocenters. The van der Waals surface area contributed by atoms with Gasteiger partial charge in [0.2, 0.25) is 0 Å². The normalized spacial score (nSPS) is 12.5. The Morgan fingerprint density at radius 3 is 1.59 bits per heavy atom. The van der Waals surface area contributed by atoms with Gasteiger partial charge in [-0.25, -0.2) is 4.99 Å². The highest BCUT2D eigenvalue weighted by molar-refractivity contribution is 6.12. The van der Waals surface area contributed by atoms with Gasteiger partial charge in [0.25, 0.3) is 0 Å². The first-order valence-corrected chi connectivity index (χ1v) is 19.1. The van der Waals surface area contributed by atoms with E-state index >= 15 is 0 Å². The van der Waals surface area contributed by atoms with Crippen LogP contribution in [0.5, 0.6) is 0 Å². The molecular weight excluding hydrogens is 683 g/mol. The van der Waals surface area contributed by atoms with E-state index in [0.717, 1.165) is 28.1 Å². The first-order valence-electron chi connectivity index (χ1n) is 19.1. The lowest BCUT2D eigenvalue weighted by atomic mass is 10.0. The van der Waals surface area contributed by atoms with E-state index in [1.54, 1.807) is 0 Å². The van der Waals surface area contributed by atoms with Crippen molar-refractivity contribution in [2.45, 2.75) is 12.7 Å². The summed E-state index contributed by atoms with van der Waals surface area (Å²) in [6.07, 6.45) is -0.305. The standard InChI is InChI=1S/C51H39N5/c52-50(36-16-4-1-5-17-36)54-51(37-18-6-2-7-19-37)53-34-35-15-14-22-41(31-35)56-47-26-13-11-24-43(47)45-33-39(28-30-49(45)56)38-27-29-48-44(32-38)42-23-10-12-25-46(42)55(48)40-20-8-3-9-21-40/h1-33,51,53H,34H2,(H2,52,54). The Morgan fingerprint density at radius 2 is 0.964 bits per heavy atom. The molecule has 8 aromatic carbocycles. The van der Waals surface area contributed by atoms with Gasteiger partial charge in [0.1, 0.15) is 12.0 Å². The number of aromatic nitrogens is 2. The molecule has 0 fully saturated rings. The zero-order valence-electron chi connectivity index (χ0n) is 30.8. The Morgan fingerprint density at radius 1 is 0.464 bits per heavy atom. The molecule has 0 spiro atoms. The number of nitrogens with zero attached hydrogens (tertiary/aromatic N) is 3. The van der Waals surface area contributed by atoms with Gasteiger partial charge in [-0.15, -0.1) is 0 Å². The minimum atomic E-state index is -0.305. The Kier molecular flexibility index (Phi) is 8.47. The molecular formula is C51H39N5. The predicted molar refractivity (Wildman–Crippen MR) is 234 cm³/mol. The molecule has 56 heavy (non-hydrogen) atoms. The number of fused-ring (bicyclic) bond motifs is 6. The van der Waals surface area contributed by atoms with E-state index < -0.39 is 0 Å². The van der Waals surface area contributed by atoms with Crippen molar-refractivity contribution >= 4 is 49.4 Å². The Hall–Kier alpha value is -7.21. The zero-order chi connectivity index (χ0) is 37.4. The van der Waals surface area contributed by atoms with Crippen LogP contribution >= 0.6 is 0 Å². The molecule has 0 aliphatic rings. The number of hydrogen-bond donors (Lipinski definition) is 2. The highest BCUT2D eigenvalue weighted by atomic mass is 15.1. The van der Waals surface area contributed by atoms with Crippen molar-refractivity contribution in [2.75, 3.05) is 0 Å². The molecule has 5 nitrogen and oxygen atoms in total. The molecule has 2 aromatic heterocycles. The second-order valence-electron chi connectivity index (χ2n) is 14.2. The molecule has 0 radical (unpaired) electrons. The van der Waals surface area contributed by atoms with Crippen LogP contribution in [0.1, 0.15) is 22.9 Å². The van der Waals surface area contributed by atoms with Crippen molar-refractivity contribution in [3.8, 4) is 22.5 Å². The van der Waals surface area contributed by atoms with Gasteiger partial charge in [0, 0.05) is 45.0 Å². The third-order valence-corrected chi connectivity index (χ3v) is 10.8. The van der Waals surface area contributed by atoms with Gasteiger partial charge in [-0.05, 0) is 82.9 Å². The summed E-state index contributed by atoms with van der Waals surface area (Å²) in [5, 5.41) is 8.63. The number of rotatable bonds is 9. The summed E-state index contributed by atoms with van der Waals surface area (Å²) in [5.41, 5.74) is 19.1. The van der Waals surface area contributed by atoms with Crippen molar-refractivity contribution in [1.82, 2.24) is 14.5 Å². The van der Waals surface area contributed by atoms with Crippen molar-refractivity contribution in [3.05, 3.63) is 217 Å². The lowest BCUT2D eigenvalue weighted by Gasteiger charge is -2.17. The smallest absolute Gasteiger partial charge is 0.128 e. The molecule has 2 heterocycles. The van der Waals surface area contributed by atoms with Gasteiger partial charge in [-0.2, -0.15) is 0 Å². The van der Waals surface area contributed by atoms with Gasteiger partial charge in [0.05, 0.1) is 22.1 Å². The third kappa shape index (κ3) is 6.01. The summed E-state index contributed by atoms with van der Waals surface area (Å²) in [4.78, 5) is 4.94. The second kappa shape index (κ2) is 14.2. The second-order valence-corrected chi connectivity index (χ2v) is 14.2. The largest absolute Gasteiger partial charge is 0.383 e. The molecule has 0 saturated carbocycles. The van der Waals surface area contributed by atoms with E-state index in [1.807, 2.05) is 48.5 Å². The molecule has 0 saturated heterocycles. The molecule has 1 atom stereocenters. The van der Waals surface area contributed by atoms with Crippen LogP contribution < -0.4 is 11.1 Å². The van der Waals surface area contributed by atoms with Crippen LogP contribution in [-0.4, -0.2) is 15.0 Å². The minimum absolute atomic E-state index is 0.305. The Balaban J connectivity index is 1.01. The van der Waals surface area contributed by atoms with Crippen LogP contribution in [0.4, 0.5) is 0 Å². The van der Waals surface area contributed by atoms with Crippen molar-refractivity contribution in [3.63, 3.8) is 0 Å². The summed E-state index contributed by atoms with van der Waals surface area (Å²) >= 11 is 0. The van der Waals surface area contributed by atoms with E-state index in [9.17, 15) is 0 Å². The molecule has 3 N–H and O–H groups in total. The van der Waals surface area contributed by atoms with Crippen LogP contribution in [0.25, 0.3) is 66.1 Å². The van der Waals surface area contributed by atoms with E-state index in [1.165, 1.54) is 54.7 Å². The van der Waals surface area contributed by atoms with E-state index in [2.05, 4.69) is 166 Å². The summed E-state index contributed by atoms with van der Waals surface area (Å²) in [7, 11) is 0. The molecule has 10 aromatic rings. The fourth-order valence-electron chi connectivity index (χ4n) is 8.15. The van der Waals surface area contributed by atoms with Gasteiger partial charge in [-0.1, -0.05) is 140 Å². The molecule has 10 rings (SSSR count). The fraction of sp³-hybridized carbons (Fsp3) is 0.0392. The zero-order valence-corrected chi connectivity index (χ0v) is 30.8. The minimum Gasteiger partial charge on any atom is -0.383 e. The summed E-state index contributed by atoms with van der Waals surface area (Å²) < 4.78 is 4.75. The SMILES string of the molecule is NC(=NC(NCc1cccc(-n2c3ccccc3c3cc(-c4ccc5c(c4)c4ccccc4n5-c4ccccc4)ccc32)c1)c1ccccc1)c1ccccc1. The number of nitrogens with two attached hydrogens (primary N) is 1. The number of nitrogens with one attached hydrogen (secondary N) is 1. The quantitative estimate of drug-likeness (QED) is 0.115. The van der Waals surface area contributed by atoms with E-state index in [4.69, 9.17) is 10.7 Å². The topological polar surface area (TPSA) is 60.3 Å². The number of para-hydroxylation sites is 3. The lowest BCUT2D eigenvalue weighted by molar-refractivity contribution is 0.554. The molecule has 0 bridgehead atoms. The average Bonchev–Trinajstić information content (AvgIpc) is 3.78. The summed E-state index contributed by atoms with van der Waals surface area (Å²) in [6, 6.07) is 70.8. The summed E-state index contributed by atoms with van der Waals surface area (Å²) in [6.45, 7) is 0.614. The maximum atomic E-state index is 6.52. The van der Waals surface area contributed by atoms with E-state index in [0.29, 0.717) is 12.4 Å². The molecule has 268 valence electrons. The number of hydrogen-bond acceptors (Lipinski definition) is 2. The fourth-order valence-corrected chi connectivity index (χ4v) is 8.15. The van der Waals surface area contributed by atoms with Crippen LogP contribution in [0, 0.1) is 0 Å². The van der Waals surface area contributed by atoms with Gasteiger partial charge in [-0.3, -0.25) is 5.32 Å². The predicted octanol–water partition coefficient (Wildman–Crippen LogP) is 11.7. The Labute approximate surface area is 325 Å². The first kappa shape index (κ1) is 33.4. The summed E-state index contributed by atoms with van der Waals surface area (Å²) in [5.74, 6) is 0.504. The maximum absolute atomic E-state index is 6.52. The van der Waals surface area contributed by atoms with Crippen molar-refractivity contribution in [2.24, 2.45) is 10.7 Å². The van der Waals surface area contributed by atoms with Gasteiger partial charge >= 0.3 is 0 Å². The lowest BCUT2D eigenvalue weighted by Crippen LogP contribution is -2.24. The van der Waals surface area contributed by atoms with Crippen LogP contribution in [0.2, 0.25) is 0 Å². The van der Waals surface area contributed by atoms with Gasteiger partial charge in [0.15, 0.2) is 0 Å². The van der Waals surface area contributed by atoms with Crippen LogP contribution in [0.3, 0.4) is 0 Å². The Bertz CT molecular complexity index is 3030. The number of benzene rings is 8.